The van der Waals surface area contributed by atoms with Crippen molar-refractivity contribution in [3.05, 3.63) is 71.8 Å². The molecular formula is C27H30N2O6. The molecule has 0 saturated carbocycles. The molecule has 2 aromatic rings. The first-order chi connectivity index (χ1) is 16.9. The lowest BCUT2D eigenvalue weighted by atomic mass is 9.91. The molecule has 184 valence electrons. The quantitative estimate of drug-likeness (QED) is 0.501. The Bertz CT molecular complexity index is 1080. The minimum Gasteiger partial charge on any atom is -0.481 e. The van der Waals surface area contributed by atoms with Gasteiger partial charge >= 0.3 is 12.1 Å². The van der Waals surface area contributed by atoms with E-state index in [1.165, 1.54) is 7.11 Å². The molecule has 0 radical (unpaired) electrons. The Kier molecular flexibility index (Phi) is 7.51. The smallest absolute Gasteiger partial charge is 0.407 e. The predicted octanol–water partition coefficient (Wildman–Crippen LogP) is 3.46. The number of carboxylic acids is 1. The lowest BCUT2D eigenvalue weighted by Crippen LogP contribution is -2.55. The summed E-state index contributed by atoms with van der Waals surface area (Å²) >= 11 is 0. The second-order valence-corrected chi connectivity index (χ2v) is 8.94. The minimum absolute atomic E-state index is 0.0967. The first-order valence-electron chi connectivity index (χ1n) is 11.7. The molecule has 4 atom stereocenters. The average molecular weight is 479 g/mol. The van der Waals surface area contributed by atoms with Crippen LogP contribution in [0.1, 0.15) is 36.8 Å². The van der Waals surface area contributed by atoms with Gasteiger partial charge in [0.25, 0.3) is 0 Å². The molecule has 0 fully saturated rings. The monoisotopic (exact) mass is 478 g/mol. The fourth-order valence-corrected chi connectivity index (χ4v) is 4.77. The second-order valence-electron chi connectivity index (χ2n) is 8.94. The summed E-state index contributed by atoms with van der Waals surface area (Å²) < 4.78 is 10.9. The molecule has 0 spiro atoms. The topological polar surface area (TPSA) is 114 Å². The van der Waals surface area contributed by atoms with Gasteiger partial charge in [0.05, 0.1) is 12.0 Å². The number of amides is 2. The normalized spacial score (nSPS) is 20.3. The van der Waals surface area contributed by atoms with Gasteiger partial charge in [-0.25, -0.2) is 4.79 Å². The van der Waals surface area contributed by atoms with Crippen molar-refractivity contribution in [1.82, 2.24) is 10.6 Å². The molecule has 0 bridgehead atoms. The molecule has 2 aliphatic rings. The Labute approximate surface area is 204 Å². The number of allylic oxidation sites excluding steroid dienone is 1. The zero-order chi connectivity index (χ0) is 24.9. The van der Waals surface area contributed by atoms with Crippen molar-refractivity contribution in [2.75, 3.05) is 13.7 Å². The second kappa shape index (κ2) is 10.7. The standard InChI is InChI=1S/C27H30N2O6/c1-16(34-2)24(25(30)28-18-9-7-8-17(14-18)26(31)32)29-27(33)35-15-23-21-12-5-3-10-19(21)20-11-4-6-13-22(20)23/h3-7,9-13,16-18,23-24H,8,14-15H2,1-2H3,(H,28,30)(H,29,33)(H,31,32)/t16-,17+,18+,24+/m1/s1. The van der Waals surface area contributed by atoms with E-state index >= 15 is 0 Å². The van der Waals surface area contributed by atoms with Gasteiger partial charge in [0, 0.05) is 19.1 Å². The number of ether oxygens (including phenoxy) is 2. The van der Waals surface area contributed by atoms with Crippen LogP contribution in [-0.2, 0) is 19.1 Å². The van der Waals surface area contributed by atoms with Gasteiger partial charge in [-0.2, -0.15) is 0 Å². The number of rotatable bonds is 8. The molecule has 2 amide bonds. The fourth-order valence-electron chi connectivity index (χ4n) is 4.77. The third-order valence-corrected chi connectivity index (χ3v) is 6.75. The molecule has 0 unspecified atom stereocenters. The Hall–Kier alpha value is -3.65. The van der Waals surface area contributed by atoms with E-state index in [4.69, 9.17) is 9.47 Å². The highest BCUT2D eigenvalue weighted by molar-refractivity contribution is 5.87. The van der Waals surface area contributed by atoms with Gasteiger partial charge in [0.1, 0.15) is 12.6 Å². The number of carbonyl (C=O) groups excluding carboxylic acids is 2. The van der Waals surface area contributed by atoms with Gasteiger partial charge in [0.15, 0.2) is 0 Å². The zero-order valence-electron chi connectivity index (χ0n) is 19.8. The first kappa shape index (κ1) is 24.5. The van der Waals surface area contributed by atoms with Crippen molar-refractivity contribution in [3.63, 3.8) is 0 Å². The molecule has 2 aromatic carbocycles. The predicted molar refractivity (Wildman–Crippen MR) is 130 cm³/mol. The Balaban J connectivity index is 1.40. The lowest BCUT2D eigenvalue weighted by Gasteiger charge is -2.27. The number of nitrogens with one attached hydrogen (secondary N) is 2. The number of hydrogen-bond donors (Lipinski definition) is 3. The van der Waals surface area contributed by atoms with E-state index in [9.17, 15) is 19.5 Å². The van der Waals surface area contributed by atoms with Crippen LogP contribution in [0.2, 0.25) is 0 Å². The maximum absolute atomic E-state index is 13.0. The summed E-state index contributed by atoms with van der Waals surface area (Å²) in [4.78, 5) is 37.0. The van der Waals surface area contributed by atoms with Crippen LogP contribution in [0.3, 0.4) is 0 Å². The van der Waals surface area contributed by atoms with E-state index in [1.54, 1.807) is 19.1 Å². The van der Waals surface area contributed by atoms with Gasteiger partial charge in [-0.1, -0.05) is 60.7 Å². The Morgan fingerprint density at radius 1 is 1.06 bits per heavy atom. The summed E-state index contributed by atoms with van der Waals surface area (Å²) in [5.74, 6) is -2.01. The van der Waals surface area contributed by atoms with Gasteiger partial charge < -0.3 is 25.2 Å². The molecule has 0 heterocycles. The van der Waals surface area contributed by atoms with Crippen LogP contribution in [0.4, 0.5) is 4.79 Å². The van der Waals surface area contributed by atoms with Crippen LogP contribution in [0, 0.1) is 5.92 Å². The van der Waals surface area contributed by atoms with E-state index in [0.29, 0.717) is 6.42 Å². The third kappa shape index (κ3) is 5.38. The SMILES string of the molecule is CO[C@H](C)[C@H](NC(=O)OCC1c2ccccc2-c2ccccc21)C(=O)N[C@H]1C=CC[C@H](C(=O)O)C1. The number of hydrogen-bond acceptors (Lipinski definition) is 5. The van der Waals surface area contributed by atoms with E-state index in [2.05, 4.69) is 22.8 Å². The van der Waals surface area contributed by atoms with Crippen LogP contribution < -0.4 is 10.6 Å². The number of carbonyl (C=O) groups is 3. The molecular weight excluding hydrogens is 448 g/mol. The van der Waals surface area contributed by atoms with Gasteiger partial charge in [-0.05, 0) is 42.0 Å². The summed E-state index contributed by atoms with van der Waals surface area (Å²) in [7, 11) is 1.45. The summed E-state index contributed by atoms with van der Waals surface area (Å²) in [5.41, 5.74) is 4.45. The summed E-state index contributed by atoms with van der Waals surface area (Å²) in [6.07, 6.45) is 2.89. The zero-order valence-corrected chi connectivity index (χ0v) is 19.8. The highest BCUT2D eigenvalue weighted by Crippen LogP contribution is 2.44. The summed E-state index contributed by atoms with van der Waals surface area (Å²) in [6.45, 7) is 1.80. The van der Waals surface area contributed by atoms with Gasteiger partial charge in [0.2, 0.25) is 5.91 Å². The maximum atomic E-state index is 13.0. The van der Waals surface area contributed by atoms with Crippen molar-refractivity contribution in [3.8, 4) is 11.1 Å². The Morgan fingerprint density at radius 2 is 1.69 bits per heavy atom. The van der Waals surface area contributed by atoms with Crippen molar-refractivity contribution in [2.45, 2.75) is 43.9 Å². The largest absolute Gasteiger partial charge is 0.481 e. The van der Waals surface area contributed by atoms with E-state index in [0.717, 1.165) is 22.3 Å². The lowest BCUT2D eigenvalue weighted by molar-refractivity contribution is -0.142. The highest BCUT2D eigenvalue weighted by Gasteiger charge is 2.33. The van der Waals surface area contributed by atoms with E-state index in [-0.39, 0.29) is 18.9 Å². The molecule has 3 N–H and O–H groups in total. The van der Waals surface area contributed by atoms with Crippen molar-refractivity contribution >= 4 is 18.0 Å². The minimum atomic E-state index is -1.01. The summed E-state index contributed by atoms with van der Waals surface area (Å²) in [5, 5.41) is 14.7. The number of carboxylic acid groups (broad SMARTS) is 1. The van der Waals surface area contributed by atoms with Gasteiger partial charge in [-0.15, -0.1) is 0 Å². The molecule has 4 rings (SSSR count). The highest BCUT2D eigenvalue weighted by atomic mass is 16.5. The van der Waals surface area contributed by atoms with Gasteiger partial charge in [-0.3, -0.25) is 9.59 Å². The Morgan fingerprint density at radius 3 is 2.29 bits per heavy atom. The molecule has 2 aliphatic carbocycles. The fraction of sp³-hybridized carbons (Fsp3) is 0.370. The van der Waals surface area contributed by atoms with Crippen molar-refractivity contribution in [2.24, 2.45) is 5.92 Å². The van der Waals surface area contributed by atoms with Crippen LogP contribution in [0.5, 0.6) is 0 Å². The number of fused-ring (bicyclic) bond motifs is 3. The average Bonchev–Trinajstić information content (AvgIpc) is 3.19. The number of methoxy groups -OCH3 is 1. The van der Waals surface area contributed by atoms with Crippen molar-refractivity contribution in [1.29, 1.82) is 0 Å². The van der Waals surface area contributed by atoms with Crippen LogP contribution >= 0.6 is 0 Å². The number of aliphatic carboxylic acids is 1. The molecule has 0 aromatic heterocycles. The van der Waals surface area contributed by atoms with E-state index < -0.39 is 42.1 Å². The number of benzene rings is 2. The summed E-state index contributed by atoms with van der Waals surface area (Å²) in [6, 6.07) is 14.6. The number of alkyl carbamates (subject to hydrolysis) is 1. The maximum Gasteiger partial charge on any atom is 0.407 e. The molecule has 8 heteroatoms. The third-order valence-electron chi connectivity index (χ3n) is 6.75. The first-order valence-corrected chi connectivity index (χ1v) is 11.7. The molecule has 0 aliphatic heterocycles. The molecule has 35 heavy (non-hydrogen) atoms. The molecule has 0 saturated heterocycles. The molecule has 8 nitrogen and oxygen atoms in total. The van der Waals surface area contributed by atoms with Crippen LogP contribution in [0.15, 0.2) is 60.7 Å². The van der Waals surface area contributed by atoms with Crippen LogP contribution in [0.25, 0.3) is 11.1 Å². The van der Waals surface area contributed by atoms with E-state index in [1.807, 2.05) is 36.4 Å². The van der Waals surface area contributed by atoms with Crippen LogP contribution in [-0.4, -0.2) is 55.0 Å². The van der Waals surface area contributed by atoms with Crippen molar-refractivity contribution < 1.29 is 29.0 Å².